The van der Waals surface area contributed by atoms with Crippen molar-refractivity contribution in [2.24, 2.45) is 0 Å². The molecule has 2 nitrogen and oxygen atoms in total. The Balaban J connectivity index is 1.35. The van der Waals surface area contributed by atoms with Gasteiger partial charge in [-0.1, -0.05) is 154 Å². The molecule has 0 aliphatic carbocycles. The lowest BCUT2D eigenvalue weighted by Gasteiger charge is -2.50. The van der Waals surface area contributed by atoms with Crippen LogP contribution in [0, 0.1) is 0 Å². The van der Waals surface area contributed by atoms with E-state index in [2.05, 4.69) is 200 Å². The highest BCUT2D eigenvalue weighted by molar-refractivity contribution is 7.22. The van der Waals surface area contributed by atoms with Gasteiger partial charge in [0.25, 0.3) is 6.71 Å². The fourth-order valence-corrected chi connectivity index (χ4v) is 14.3. The Hall–Kier alpha value is -5.58. The zero-order chi connectivity index (χ0) is 33.6. The lowest BCUT2D eigenvalue weighted by Crippen LogP contribution is -2.79. The van der Waals surface area contributed by atoms with E-state index in [1.165, 1.54) is 76.8 Å². The minimum absolute atomic E-state index is 0.0229. The standard InChI is InChI=1S/C46H37BN2Si/c1-46(2,3)32-29-30-36-41(31-32)48(33-17-7-4-8-18-33)39-25-16-26-40-44(39)47(36)37-23-15-28-43-45(37)49(40)38-24-13-14-27-42(38)50(43,34-19-9-5-10-20-34)35-21-11-6-12-22-35/h4-31H,1-3H3. The third-order valence-electron chi connectivity index (χ3n) is 11.3. The van der Waals surface area contributed by atoms with E-state index in [4.69, 9.17) is 0 Å². The van der Waals surface area contributed by atoms with Gasteiger partial charge in [0.2, 0.25) is 0 Å². The van der Waals surface area contributed by atoms with Gasteiger partial charge in [0.1, 0.15) is 0 Å². The summed E-state index contributed by atoms with van der Waals surface area (Å²) < 4.78 is 0. The predicted octanol–water partition coefficient (Wildman–Crippen LogP) is 6.76. The Morgan fingerprint density at radius 1 is 0.460 bits per heavy atom. The van der Waals surface area contributed by atoms with Crippen LogP contribution in [0.1, 0.15) is 26.3 Å². The molecule has 7 aromatic rings. The van der Waals surface area contributed by atoms with E-state index < -0.39 is 8.07 Å². The van der Waals surface area contributed by atoms with Crippen molar-refractivity contribution in [1.29, 1.82) is 0 Å². The van der Waals surface area contributed by atoms with Crippen molar-refractivity contribution in [3.8, 4) is 0 Å². The molecular formula is C46H37BN2Si. The van der Waals surface area contributed by atoms with Crippen molar-refractivity contribution in [2.75, 3.05) is 9.80 Å². The number of benzene rings is 7. The van der Waals surface area contributed by atoms with Gasteiger partial charge in [0.15, 0.2) is 8.07 Å². The first kappa shape index (κ1) is 29.3. The average Bonchev–Trinajstić information content (AvgIpc) is 3.16. The molecule has 0 unspecified atom stereocenters. The largest absolute Gasteiger partial charge is 0.312 e. The van der Waals surface area contributed by atoms with Gasteiger partial charge in [-0.15, -0.1) is 0 Å². The van der Waals surface area contributed by atoms with Gasteiger partial charge in [-0.05, 0) is 84.5 Å². The zero-order valence-electron chi connectivity index (χ0n) is 28.6. The molecule has 0 fully saturated rings. The van der Waals surface area contributed by atoms with Gasteiger partial charge in [0, 0.05) is 34.1 Å². The Bertz CT molecular complexity index is 2400. The van der Waals surface area contributed by atoms with Crippen molar-refractivity contribution in [3.05, 3.63) is 175 Å². The van der Waals surface area contributed by atoms with E-state index in [9.17, 15) is 0 Å². The number of nitrogens with zero attached hydrogens (tertiary/aromatic N) is 2. The Morgan fingerprint density at radius 2 is 1.02 bits per heavy atom. The SMILES string of the molecule is CC(C)(C)c1ccc2c(c1)N(c1ccccc1)c1cccc3c1B2c1cccc2c1N3c1ccccc1[Si]2(c1ccccc1)c1ccccc1. The summed E-state index contributed by atoms with van der Waals surface area (Å²) in [6.45, 7) is 7.05. The van der Waals surface area contributed by atoms with Gasteiger partial charge in [-0.25, -0.2) is 0 Å². The molecule has 238 valence electrons. The second-order valence-corrected chi connectivity index (χ2v) is 18.6. The smallest absolute Gasteiger partial charge is 0.252 e. The van der Waals surface area contributed by atoms with E-state index in [0.717, 1.165) is 0 Å². The van der Waals surface area contributed by atoms with Crippen LogP contribution in [0.25, 0.3) is 0 Å². The number of anilines is 6. The van der Waals surface area contributed by atoms with Crippen molar-refractivity contribution in [1.82, 2.24) is 0 Å². The molecule has 3 aliphatic rings. The van der Waals surface area contributed by atoms with Gasteiger partial charge in [-0.3, -0.25) is 0 Å². The lowest BCUT2D eigenvalue weighted by molar-refractivity contribution is 0.590. The molecule has 0 saturated carbocycles. The van der Waals surface area contributed by atoms with Crippen LogP contribution in [-0.4, -0.2) is 14.8 Å². The first-order valence-electron chi connectivity index (χ1n) is 17.7. The Kier molecular flexibility index (Phi) is 6.29. The normalized spacial score (nSPS) is 14.7. The number of hydrogen-bond donors (Lipinski definition) is 0. The molecular weight excluding hydrogens is 619 g/mol. The molecule has 7 aromatic carbocycles. The Morgan fingerprint density at radius 3 is 1.70 bits per heavy atom. The van der Waals surface area contributed by atoms with Gasteiger partial charge in [-0.2, -0.15) is 0 Å². The van der Waals surface area contributed by atoms with Crippen molar-refractivity contribution < 1.29 is 0 Å². The summed E-state index contributed by atoms with van der Waals surface area (Å²) in [5, 5.41) is 5.73. The maximum atomic E-state index is 2.62. The molecule has 0 amide bonds. The van der Waals surface area contributed by atoms with E-state index in [1.807, 2.05) is 0 Å². The fraction of sp³-hybridized carbons (Fsp3) is 0.0870. The molecule has 4 heteroatoms. The second-order valence-electron chi connectivity index (χ2n) is 14.9. The van der Waals surface area contributed by atoms with Crippen LogP contribution in [0.2, 0.25) is 0 Å². The first-order valence-corrected chi connectivity index (χ1v) is 19.7. The number of rotatable bonds is 3. The van der Waals surface area contributed by atoms with Crippen molar-refractivity contribution in [2.45, 2.75) is 26.2 Å². The van der Waals surface area contributed by atoms with Crippen LogP contribution < -0.4 is 46.9 Å². The van der Waals surface area contributed by atoms with Crippen LogP contribution in [-0.2, 0) is 5.41 Å². The maximum Gasteiger partial charge on any atom is 0.252 e. The van der Waals surface area contributed by atoms with Gasteiger partial charge in [0.05, 0.1) is 0 Å². The molecule has 0 N–H and O–H groups in total. The summed E-state index contributed by atoms with van der Waals surface area (Å²) in [5.74, 6) is 0. The molecule has 0 bridgehead atoms. The molecule has 0 aromatic heterocycles. The summed E-state index contributed by atoms with van der Waals surface area (Å²) in [4.78, 5) is 5.13. The van der Waals surface area contributed by atoms with Crippen LogP contribution in [0.3, 0.4) is 0 Å². The quantitative estimate of drug-likeness (QED) is 0.194. The third kappa shape index (κ3) is 3.91. The summed E-state index contributed by atoms with van der Waals surface area (Å²) in [6.07, 6.45) is 0. The highest BCUT2D eigenvalue weighted by Gasteiger charge is 2.53. The minimum Gasteiger partial charge on any atom is -0.312 e. The van der Waals surface area contributed by atoms with Gasteiger partial charge >= 0.3 is 0 Å². The molecule has 0 radical (unpaired) electrons. The van der Waals surface area contributed by atoms with Crippen molar-refractivity contribution in [3.63, 3.8) is 0 Å². The highest BCUT2D eigenvalue weighted by atomic mass is 28.3. The number of para-hydroxylation sites is 3. The molecule has 0 spiro atoms. The summed E-state index contributed by atoms with van der Waals surface area (Å²) >= 11 is 0. The molecule has 0 atom stereocenters. The van der Waals surface area contributed by atoms with Crippen LogP contribution in [0.5, 0.6) is 0 Å². The molecule has 50 heavy (non-hydrogen) atoms. The second kappa shape index (κ2) is 10.7. The molecule has 0 saturated heterocycles. The summed E-state index contributed by atoms with van der Waals surface area (Å²) in [7, 11) is -2.73. The predicted molar refractivity (Wildman–Crippen MR) is 216 cm³/mol. The monoisotopic (exact) mass is 656 g/mol. The average molecular weight is 657 g/mol. The molecule has 10 rings (SSSR count). The lowest BCUT2D eigenvalue weighted by atomic mass is 9.33. The number of fused-ring (bicyclic) bond motifs is 6. The minimum atomic E-state index is -2.73. The first-order chi connectivity index (χ1) is 24.5. The highest BCUT2D eigenvalue weighted by Crippen LogP contribution is 2.45. The zero-order valence-corrected chi connectivity index (χ0v) is 29.6. The van der Waals surface area contributed by atoms with E-state index in [1.54, 1.807) is 0 Å². The van der Waals surface area contributed by atoms with Crippen molar-refractivity contribution >= 4 is 86.0 Å². The third-order valence-corrected chi connectivity index (χ3v) is 16.1. The fourth-order valence-electron chi connectivity index (χ4n) is 9.15. The van der Waals surface area contributed by atoms with Crippen LogP contribution in [0.15, 0.2) is 170 Å². The van der Waals surface area contributed by atoms with Crippen LogP contribution in [0.4, 0.5) is 34.1 Å². The van der Waals surface area contributed by atoms with E-state index in [0.29, 0.717) is 0 Å². The molecule has 3 aliphatic heterocycles. The van der Waals surface area contributed by atoms with Crippen LogP contribution >= 0.6 is 0 Å². The topological polar surface area (TPSA) is 6.48 Å². The summed E-state index contributed by atoms with van der Waals surface area (Å²) in [6, 6.07) is 64.3. The van der Waals surface area contributed by atoms with E-state index in [-0.39, 0.29) is 12.1 Å². The Labute approximate surface area is 296 Å². The summed E-state index contributed by atoms with van der Waals surface area (Å²) in [5.41, 5.74) is 13.1. The number of hydrogen-bond acceptors (Lipinski definition) is 2. The maximum absolute atomic E-state index is 2.73. The van der Waals surface area contributed by atoms with E-state index >= 15 is 0 Å². The molecule has 3 heterocycles. The van der Waals surface area contributed by atoms with Gasteiger partial charge < -0.3 is 9.80 Å².